The Morgan fingerprint density at radius 1 is 1.07 bits per heavy atom. The van der Waals surface area contributed by atoms with Gasteiger partial charge in [-0.2, -0.15) is 5.26 Å². The molecule has 0 N–H and O–H groups in total. The van der Waals surface area contributed by atoms with E-state index in [2.05, 4.69) is 6.07 Å². The molecule has 1 saturated heterocycles. The van der Waals surface area contributed by atoms with Crippen molar-refractivity contribution in [3.05, 3.63) is 59.8 Å². The molecule has 41 heavy (non-hydrogen) atoms. The molecule has 0 spiro atoms. The van der Waals surface area contributed by atoms with Crippen LogP contribution in [0.2, 0.25) is 0 Å². The van der Waals surface area contributed by atoms with E-state index in [9.17, 15) is 27.3 Å². The van der Waals surface area contributed by atoms with Gasteiger partial charge in [0.05, 0.1) is 33.6 Å². The molecule has 0 bridgehead atoms. The molecule has 2 aliphatic carbocycles. The minimum atomic E-state index is -3.00. The van der Waals surface area contributed by atoms with Crippen LogP contribution in [-0.4, -0.2) is 43.8 Å². The summed E-state index contributed by atoms with van der Waals surface area (Å²) in [5.74, 6) is -1.98. The summed E-state index contributed by atoms with van der Waals surface area (Å²) >= 11 is 1.29. The highest BCUT2D eigenvalue weighted by Gasteiger charge is 2.47. The molecule has 3 fully saturated rings. The summed E-state index contributed by atoms with van der Waals surface area (Å²) in [5.41, 5.74) is 2.08. The lowest BCUT2D eigenvalue weighted by molar-refractivity contribution is -0.125. The van der Waals surface area contributed by atoms with E-state index in [1.54, 1.807) is 0 Å². The third-order valence-electron chi connectivity index (χ3n) is 8.81. The van der Waals surface area contributed by atoms with Crippen molar-refractivity contribution in [2.45, 2.75) is 50.9 Å². The van der Waals surface area contributed by atoms with Gasteiger partial charge in [0.2, 0.25) is 0 Å². The Balaban J connectivity index is 1.37. The van der Waals surface area contributed by atoms with Crippen LogP contribution in [0.15, 0.2) is 42.5 Å². The Kier molecular flexibility index (Phi) is 7.45. The third kappa shape index (κ3) is 5.67. The summed E-state index contributed by atoms with van der Waals surface area (Å²) in [6.45, 7) is 0.874. The Morgan fingerprint density at radius 3 is 2.46 bits per heavy atom. The molecule has 6 rings (SSSR count). The highest BCUT2D eigenvalue weighted by molar-refractivity contribution is 7.91. The van der Waals surface area contributed by atoms with E-state index in [4.69, 9.17) is 4.98 Å². The Morgan fingerprint density at radius 2 is 1.78 bits per heavy atom. The summed E-state index contributed by atoms with van der Waals surface area (Å²) in [4.78, 5) is 21.3. The van der Waals surface area contributed by atoms with Crippen LogP contribution in [-0.2, 0) is 14.6 Å². The number of nitrogens with zero attached hydrogens (tertiary/aromatic N) is 3. The van der Waals surface area contributed by atoms with Gasteiger partial charge < -0.3 is 4.90 Å². The van der Waals surface area contributed by atoms with Crippen molar-refractivity contribution in [3.8, 4) is 27.1 Å². The number of benzene rings is 2. The number of carbonyl (C=O) groups is 1. The minimum Gasteiger partial charge on any atom is -0.369 e. The van der Waals surface area contributed by atoms with Gasteiger partial charge in [-0.05, 0) is 55.5 Å². The van der Waals surface area contributed by atoms with Gasteiger partial charge in [0, 0.05) is 42.6 Å². The molecule has 0 radical (unpaired) electrons. The fourth-order valence-electron chi connectivity index (χ4n) is 6.16. The van der Waals surface area contributed by atoms with Crippen LogP contribution >= 0.6 is 11.3 Å². The second-order valence-electron chi connectivity index (χ2n) is 11.6. The van der Waals surface area contributed by atoms with Crippen LogP contribution in [0, 0.1) is 34.3 Å². The van der Waals surface area contributed by atoms with Crippen LogP contribution in [0.5, 0.6) is 0 Å². The van der Waals surface area contributed by atoms with Crippen molar-refractivity contribution in [3.63, 3.8) is 0 Å². The number of rotatable bonds is 7. The Hall–Kier alpha value is -3.16. The van der Waals surface area contributed by atoms with Crippen LogP contribution in [0.1, 0.15) is 56.6 Å². The zero-order valence-electron chi connectivity index (χ0n) is 22.6. The smallest absolute Gasteiger partial charge is 0.169 e. The molecule has 0 amide bonds. The van der Waals surface area contributed by atoms with Crippen molar-refractivity contribution in [2.24, 2.45) is 11.3 Å². The van der Waals surface area contributed by atoms with E-state index >= 15 is 0 Å². The number of ketones is 1. The van der Waals surface area contributed by atoms with Gasteiger partial charge in [0.25, 0.3) is 0 Å². The topological polar surface area (TPSA) is 91.1 Å². The van der Waals surface area contributed by atoms with Gasteiger partial charge in [-0.3, -0.25) is 4.79 Å². The van der Waals surface area contributed by atoms with E-state index in [1.165, 1.54) is 23.5 Å². The average molecular weight is 596 g/mol. The maximum Gasteiger partial charge on any atom is 0.169 e. The molecule has 2 heterocycles. The van der Waals surface area contributed by atoms with Gasteiger partial charge >= 0.3 is 0 Å². The highest BCUT2D eigenvalue weighted by atomic mass is 32.2. The second-order valence-corrected chi connectivity index (χ2v) is 14.9. The zero-order valence-corrected chi connectivity index (χ0v) is 24.2. The van der Waals surface area contributed by atoms with Crippen molar-refractivity contribution in [1.29, 1.82) is 5.26 Å². The van der Waals surface area contributed by atoms with Crippen LogP contribution in [0.4, 0.5) is 14.5 Å². The number of Topliss-reactive ketones (excluding diaryl/α,β-unsaturated/α-hetero) is 1. The summed E-state index contributed by atoms with van der Waals surface area (Å²) in [7, 11) is -3.00. The number of hydrogen-bond donors (Lipinski definition) is 0. The molecular weight excluding hydrogens is 564 g/mol. The quantitative estimate of drug-likeness (QED) is 0.309. The summed E-state index contributed by atoms with van der Waals surface area (Å²) in [6, 6.07) is 14.2. The number of hydrogen-bond acceptors (Lipinski definition) is 7. The summed E-state index contributed by atoms with van der Waals surface area (Å²) in [5, 5.41) is 9.95. The largest absolute Gasteiger partial charge is 0.369 e. The number of anilines is 1. The number of carbonyl (C=O) groups excluding carboxylic acids is 1. The first-order chi connectivity index (χ1) is 19.7. The van der Waals surface area contributed by atoms with E-state index in [-0.39, 0.29) is 41.1 Å². The monoisotopic (exact) mass is 595 g/mol. The first-order valence-electron chi connectivity index (χ1n) is 14.1. The maximum atomic E-state index is 14.9. The molecule has 10 heteroatoms. The molecular formula is C31H31F2N3O3S2. The van der Waals surface area contributed by atoms with Crippen LogP contribution in [0.25, 0.3) is 21.0 Å². The molecule has 3 aromatic rings. The minimum absolute atomic E-state index is 0.0914. The van der Waals surface area contributed by atoms with Gasteiger partial charge in [-0.1, -0.05) is 31.0 Å². The first-order valence-corrected chi connectivity index (χ1v) is 16.8. The van der Waals surface area contributed by atoms with Gasteiger partial charge in [0.1, 0.15) is 10.8 Å². The van der Waals surface area contributed by atoms with Gasteiger partial charge in [-0.15, -0.1) is 11.3 Å². The lowest BCUT2D eigenvalue weighted by atomic mass is 9.73. The van der Waals surface area contributed by atoms with E-state index in [0.29, 0.717) is 18.1 Å². The van der Waals surface area contributed by atoms with E-state index < -0.39 is 26.9 Å². The normalized spacial score (nSPS) is 23.1. The third-order valence-corrected chi connectivity index (χ3v) is 11.6. The molecule has 0 unspecified atom stereocenters. The number of nitriles is 1. The molecule has 2 saturated carbocycles. The number of halogens is 2. The fraction of sp³-hybridized carbons (Fsp3) is 0.452. The van der Waals surface area contributed by atoms with E-state index in [1.807, 2.05) is 29.2 Å². The summed E-state index contributed by atoms with van der Waals surface area (Å²) < 4.78 is 52.8. The molecule has 214 valence electrons. The zero-order chi connectivity index (χ0) is 28.8. The predicted octanol–water partition coefficient (Wildman–Crippen LogP) is 6.53. The van der Waals surface area contributed by atoms with Crippen molar-refractivity contribution in [2.75, 3.05) is 29.5 Å². The number of aromatic nitrogens is 1. The first kappa shape index (κ1) is 28.0. The van der Waals surface area contributed by atoms with Crippen LogP contribution < -0.4 is 4.90 Å². The Bertz CT molecular complexity index is 1610. The van der Waals surface area contributed by atoms with Crippen molar-refractivity contribution >= 4 is 32.6 Å². The van der Waals surface area contributed by atoms with Crippen molar-refractivity contribution < 1.29 is 22.0 Å². The number of sulfone groups is 1. The maximum absolute atomic E-state index is 14.9. The second kappa shape index (κ2) is 10.9. The average Bonchev–Trinajstić information content (AvgIpc) is 3.61. The molecule has 1 aliphatic heterocycles. The van der Waals surface area contributed by atoms with Crippen molar-refractivity contribution in [1.82, 2.24) is 4.98 Å². The molecule has 2 aromatic carbocycles. The fourth-order valence-corrected chi connectivity index (χ4v) is 8.52. The SMILES string of the molecule is N#CC1(CC(=O)[C@@H]2CCCC[C@H]2c2nc(-c3cccc(F)c3F)sc2-c2ccc(N3CCS(=O)(=O)CC3)cc2)CC1. The molecule has 3 aliphatic rings. The molecule has 2 atom stereocenters. The summed E-state index contributed by atoms with van der Waals surface area (Å²) in [6.07, 6.45) is 5.13. The molecule has 1 aromatic heterocycles. The Labute approximate surface area is 242 Å². The molecule has 6 nitrogen and oxygen atoms in total. The predicted molar refractivity (Wildman–Crippen MR) is 155 cm³/mol. The van der Waals surface area contributed by atoms with E-state index in [0.717, 1.165) is 66.4 Å². The van der Waals surface area contributed by atoms with Crippen LogP contribution in [0.3, 0.4) is 0 Å². The highest BCUT2D eigenvalue weighted by Crippen LogP contribution is 2.52. The van der Waals surface area contributed by atoms with Gasteiger partial charge in [-0.25, -0.2) is 22.2 Å². The standard InChI is InChI=1S/C31H31F2N3O3S2/c32-25-7-3-6-24(27(25)33)30-35-28(23-5-2-1-4-22(23)26(37)18-31(19-34)12-13-31)29(40-30)20-8-10-21(11-9-20)36-14-16-41(38,39)17-15-36/h3,6-11,22-23H,1-2,4-5,12-18H2/t22-,23-/m1/s1. The number of thiazole rings is 1. The lowest BCUT2D eigenvalue weighted by Crippen LogP contribution is -2.40. The lowest BCUT2D eigenvalue weighted by Gasteiger charge is -2.31. The van der Waals surface area contributed by atoms with Gasteiger partial charge in [0.15, 0.2) is 21.5 Å².